The van der Waals surface area contributed by atoms with E-state index < -0.39 is 0 Å². The lowest BCUT2D eigenvalue weighted by molar-refractivity contribution is 0.0412. The highest BCUT2D eigenvalue weighted by molar-refractivity contribution is 6.35. The third-order valence-electron chi connectivity index (χ3n) is 7.06. The number of carbonyl (C=O) groups excluding carboxylic acids is 2. The Kier molecular flexibility index (Phi) is 8.05. The lowest BCUT2D eigenvalue weighted by Gasteiger charge is -2.39. The number of carbonyl (C=O) groups is 2. The van der Waals surface area contributed by atoms with E-state index in [2.05, 4.69) is 26.0 Å². The van der Waals surface area contributed by atoms with Crippen molar-refractivity contribution in [1.82, 2.24) is 14.8 Å². The van der Waals surface area contributed by atoms with Gasteiger partial charge in [-0.2, -0.15) is 0 Å². The Morgan fingerprint density at radius 3 is 2.51 bits per heavy atom. The van der Waals surface area contributed by atoms with Crippen LogP contribution in [0.3, 0.4) is 0 Å². The fraction of sp³-hybridized carbons (Fsp3) is 0.414. The van der Waals surface area contributed by atoms with Crippen molar-refractivity contribution in [2.45, 2.75) is 45.6 Å². The molecular weight excluding hydrogens is 488 g/mol. The Labute approximate surface area is 223 Å². The molecule has 2 heterocycles. The van der Waals surface area contributed by atoms with E-state index in [-0.39, 0.29) is 23.5 Å². The standard InChI is InChI=1S/C29H35ClN4O3/c1-5-14-37-28(36)34-13-12-33(17-19(34)2)27(35)21-8-11-23-24(30)16-25(32-26(23)15-21)20-6-9-22(10-7-20)29(3,4)18-31/h6-11,15-16,19H,5,12-14,17-18,31H2,1-4H3/t19-/m0/s1. The minimum Gasteiger partial charge on any atom is -0.449 e. The van der Waals surface area contributed by atoms with Crippen LogP contribution >= 0.6 is 11.6 Å². The number of benzene rings is 2. The fourth-order valence-corrected chi connectivity index (χ4v) is 4.81. The summed E-state index contributed by atoms with van der Waals surface area (Å²) in [5, 5.41) is 1.37. The van der Waals surface area contributed by atoms with Gasteiger partial charge in [-0.15, -0.1) is 0 Å². The van der Waals surface area contributed by atoms with Gasteiger partial charge in [0.05, 0.1) is 22.8 Å². The van der Waals surface area contributed by atoms with Gasteiger partial charge in [-0.05, 0) is 37.1 Å². The maximum atomic E-state index is 13.4. The summed E-state index contributed by atoms with van der Waals surface area (Å²) in [5.74, 6) is -0.0907. The van der Waals surface area contributed by atoms with Gasteiger partial charge in [0.15, 0.2) is 0 Å². The van der Waals surface area contributed by atoms with E-state index in [1.807, 2.05) is 38.1 Å². The number of ether oxygens (including phenoxy) is 1. The minimum atomic E-state index is -0.321. The molecule has 2 aromatic carbocycles. The molecule has 1 atom stereocenters. The van der Waals surface area contributed by atoms with Gasteiger partial charge in [-0.1, -0.05) is 62.7 Å². The van der Waals surface area contributed by atoms with Crippen LogP contribution < -0.4 is 5.73 Å². The topological polar surface area (TPSA) is 88.8 Å². The number of fused-ring (bicyclic) bond motifs is 1. The van der Waals surface area contributed by atoms with Crippen molar-refractivity contribution in [2.24, 2.45) is 5.73 Å². The molecule has 1 saturated heterocycles. The summed E-state index contributed by atoms with van der Waals surface area (Å²) in [6.45, 7) is 10.4. The molecular formula is C29H35ClN4O3. The number of hydrogen-bond donors (Lipinski definition) is 1. The highest BCUT2D eigenvalue weighted by atomic mass is 35.5. The Balaban J connectivity index is 1.55. The second-order valence-corrected chi connectivity index (χ2v) is 10.7. The Bertz CT molecular complexity index is 1290. The fourth-order valence-electron chi connectivity index (χ4n) is 4.55. The van der Waals surface area contributed by atoms with E-state index in [0.29, 0.717) is 48.9 Å². The quantitative estimate of drug-likeness (QED) is 0.462. The van der Waals surface area contributed by atoms with Crippen molar-refractivity contribution in [3.63, 3.8) is 0 Å². The average molecular weight is 523 g/mol. The van der Waals surface area contributed by atoms with E-state index in [1.54, 1.807) is 21.9 Å². The lowest BCUT2D eigenvalue weighted by atomic mass is 9.84. The zero-order valence-electron chi connectivity index (χ0n) is 22.0. The van der Waals surface area contributed by atoms with Crippen molar-refractivity contribution >= 4 is 34.5 Å². The number of nitrogens with zero attached hydrogens (tertiary/aromatic N) is 3. The molecule has 7 nitrogen and oxygen atoms in total. The van der Waals surface area contributed by atoms with E-state index in [4.69, 9.17) is 27.1 Å². The van der Waals surface area contributed by atoms with Crippen LogP contribution in [0, 0.1) is 0 Å². The number of halogens is 1. The first-order chi connectivity index (χ1) is 17.6. The molecule has 2 N–H and O–H groups in total. The van der Waals surface area contributed by atoms with Gasteiger partial charge in [-0.3, -0.25) is 4.79 Å². The van der Waals surface area contributed by atoms with Crippen LogP contribution in [0.1, 0.15) is 50.0 Å². The molecule has 2 amide bonds. The second kappa shape index (κ2) is 11.1. The first-order valence-corrected chi connectivity index (χ1v) is 13.2. The van der Waals surface area contributed by atoms with Gasteiger partial charge in [0.1, 0.15) is 0 Å². The minimum absolute atomic E-state index is 0.0907. The largest absolute Gasteiger partial charge is 0.449 e. The van der Waals surface area contributed by atoms with Crippen LogP contribution in [0.15, 0.2) is 48.5 Å². The van der Waals surface area contributed by atoms with E-state index in [0.717, 1.165) is 28.6 Å². The number of amides is 2. The molecule has 0 saturated carbocycles. The summed E-state index contributed by atoms with van der Waals surface area (Å²) in [5.41, 5.74) is 9.86. The highest BCUT2D eigenvalue weighted by Gasteiger charge is 2.31. The van der Waals surface area contributed by atoms with Crippen LogP contribution in [0.4, 0.5) is 4.79 Å². The van der Waals surface area contributed by atoms with E-state index >= 15 is 0 Å². The molecule has 4 rings (SSSR count). The van der Waals surface area contributed by atoms with Crippen molar-refractivity contribution in [2.75, 3.05) is 32.8 Å². The number of pyridine rings is 1. The molecule has 0 spiro atoms. The van der Waals surface area contributed by atoms with Gasteiger partial charge in [-0.25, -0.2) is 9.78 Å². The van der Waals surface area contributed by atoms with Gasteiger partial charge < -0.3 is 20.3 Å². The lowest BCUT2D eigenvalue weighted by Crippen LogP contribution is -2.55. The van der Waals surface area contributed by atoms with Crippen molar-refractivity contribution in [1.29, 1.82) is 0 Å². The molecule has 3 aromatic rings. The Morgan fingerprint density at radius 2 is 1.86 bits per heavy atom. The molecule has 0 unspecified atom stereocenters. The molecule has 0 bridgehead atoms. The Morgan fingerprint density at radius 1 is 1.14 bits per heavy atom. The normalized spacial score (nSPS) is 16.2. The molecule has 1 aliphatic rings. The second-order valence-electron chi connectivity index (χ2n) is 10.3. The first kappa shape index (κ1) is 26.9. The smallest absolute Gasteiger partial charge is 0.410 e. The van der Waals surface area contributed by atoms with Gasteiger partial charge in [0.2, 0.25) is 0 Å². The monoisotopic (exact) mass is 522 g/mol. The van der Waals surface area contributed by atoms with Crippen molar-refractivity contribution < 1.29 is 14.3 Å². The third kappa shape index (κ3) is 5.73. The molecule has 1 aliphatic heterocycles. The third-order valence-corrected chi connectivity index (χ3v) is 7.37. The first-order valence-electron chi connectivity index (χ1n) is 12.8. The zero-order chi connectivity index (χ0) is 26.7. The SMILES string of the molecule is CCCOC(=O)N1CCN(C(=O)c2ccc3c(Cl)cc(-c4ccc(C(C)(C)CN)cc4)nc3c2)C[C@@H]1C. The van der Waals surface area contributed by atoms with Crippen molar-refractivity contribution in [3.8, 4) is 11.3 Å². The van der Waals surface area contributed by atoms with Crippen LogP contribution in [-0.2, 0) is 10.2 Å². The predicted molar refractivity (Wildman–Crippen MR) is 148 cm³/mol. The average Bonchev–Trinajstić information content (AvgIpc) is 2.90. The van der Waals surface area contributed by atoms with Gasteiger partial charge >= 0.3 is 6.09 Å². The molecule has 0 radical (unpaired) electrons. The maximum absolute atomic E-state index is 13.4. The summed E-state index contributed by atoms with van der Waals surface area (Å²) in [7, 11) is 0. The number of nitrogens with two attached hydrogens (primary N) is 1. The summed E-state index contributed by atoms with van der Waals surface area (Å²) >= 11 is 6.62. The van der Waals surface area contributed by atoms with Crippen LogP contribution in [0.5, 0.6) is 0 Å². The molecule has 196 valence electrons. The highest BCUT2D eigenvalue weighted by Crippen LogP contribution is 2.31. The maximum Gasteiger partial charge on any atom is 0.410 e. The number of piperazine rings is 1. The molecule has 1 aromatic heterocycles. The van der Waals surface area contributed by atoms with Crippen LogP contribution in [0.25, 0.3) is 22.2 Å². The molecule has 37 heavy (non-hydrogen) atoms. The van der Waals surface area contributed by atoms with Crippen molar-refractivity contribution in [3.05, 3.63) is 64.7 Å². The van der Waals surface area contributed by atoms with Crippen LogP contribution in [-0.4, -0.2) is 65.6 Å². The molecule has 1 fully saturated rings. The summed E-state index contributed by atoms with van der Waals surface area (Å²) in [6, 6.07) is 15.3. The summed E-state index contributed by atoms with van der Waals surface area (Å²) in [6.07, 6.45) is 0.455. The predicted octanol–water partition coefficient (Wildman–Crippen LogP) is 5.48. The summed E-state index contributed by atoms with van der Waals surface area (Å²) < 4.78 is 5.27. The molecule has 8 heteroatoms. The van der Waals surface area contributed by atoms with Gasteiger partial charge in [0.25, 0.3) is 5.91 Å². The number of hydrogen-bond acceptors (Lipinski definition) is 5. The van der Waals surface area contributed by atoms with E-state index in [9.17, 15) is 9.59 Å². The Hall–Kier alpha value is -3.16. The van der Waals surface area contributed by atoms with E-state index in [1.165, 1.54) is 0 Å². The molecule has 0 aliphatic carbocycles. The summed E-state index contributed by atoms with van der Waals surface area (Å²) in [4.78, 5) is 34.0. The number of aromatic nitrogens is 1. The van der Waals surface area contributed by atoms with Gasteiger partial charge in [0, 0.05) is 54.1 Å². The van der Waals surface area contributed by atoms with Crippen LogP contribution in [0.2, 0.25) is 5.02 Å². The zero-order valence-corrected chi connectivity index (χ0v) is 22.7. The number of rotatable bonds is 6.